The Morgan fingerprint density at radius 3 is 2.03 bits per heavy atom. The molecule has 0 aromatic heterocycles. The van der Waals surface area contributed by atoms with Crippen molar-refractivity contribution in [1.82, 2.24) is 10.6 Å². The summed E-state index contributed by atoms with van der Waals surface area (Å²) in [4.78, 5) is 0. The molecule has 29 heavy (non-hydrogen) atoms. The second-order valence-corrected chi connectivity index (χ2v) is 9.81. The van der Waals surface area contributed by atoms with Gasteiger partial charge in [-0.1, -0.05) is 74.5 Å². The maximum atomic E-state index is 3.74. The molecule has 2 heteroatoms. The molecule has 5 rings (SSSR count). The zero-order chi connectivity index (χ0) is 20.1. The second kappa shape index (κ2) is 9.45. The van der Waals surface area contributed by atoms with Gasteiger partial charge >= 0.3 is 0 Å². The van der Waals surface area contributed by atoms with E-state index in [0.29, 0.717) is 11.3 Å². The summed E-state index contributed by atoms with van der Waals surface area (Å²) in [6.45, 7) is 9.38. The second-order valence-electron chi connectivity index (χ2n) is 9.81. The van der Waals surface area contributed by atoms with Crippen molar-refractivity contribution in [3.8, 4) is 0 Å². The normalized spacial score (nSPS) is 25.0. The van der Waals surface area contributed by atoms with Gasteiger partial charge in [0.2, 0.25) is 0 Å². The number of hydrogen-bond acceptors (Lipinski definition) is 2. The van der Waals surface area contributed by atoms with Crippen molar-refractivity contribution in [1.29, 1.82) is 0 Å². The molecule has 3 aliphatic carbocycles. The minimum atomic E-state index is 0.467. The fourth-order valence-corrected chi connectivity index (χ4v) is 5.94. The molecular weight excluding hydrogens is 352 g/mol. The van der Waals surface area contributed by atoms with Crippen LogP contribution in [0.5, 0.6) is 0 Å². The van der Waals surface area contributed by atoms with Crippen LogP contribution in [0.1, 0.15) is 56.6 Å². The minimum absolute atomic E-state index is 0.467. The fraction of sp³-hybridized carbons (Fsp3) is 0.556. The molecule has 2 aromatic carbocycles. The molecule has 0 saturated heterocycles. The zero-order valence-electron chi connectivity index (χ0n) is 18.2. The van der Waals surface area contributed by atoms with Crippen molar-refractivity contribution >= 4 is 0 Å². The lowest BCUT2D eigenvalue weighted by Crippen LogP contribution is -2.54. The first kappa shape index (κ1) is 20.6. The molecule has 3 saturated carbocycles. The van der Waals surface area contributed by atoms with Crippen LogP contribution >= 0.6 is 0 Å². The summed E-state index contributed by atoms with van der Waals surface area (Å²) in [5, 5.41) is 7.40. The summed E-state index contributed by atoms with van der Waals surface area (Å²) in [7, 11) is 0. The Labute approximate surface area is 177 Å². The van der Waals surface area contributed by atoms with E-state index in [1.54, 1.807) is 0 Å². The van der Waals surface area contributed by atoms with E-state index in [9.17, 15) is 0 Å². The molecule has 2 bridgehead atoms. The van der Waals surface area contributed by atoms with Crippen LogP contribution in [-0.4, -0.2) is 26.2 Å². The molecule has 1 unspecified atom stereocenters. The zero-order valence-corrected chi connectivity index (χ0v) is 18.2. The van der Waals surface area contributed by atoms with Gasteiger partial charge in [-0.05, 0) is 73.1 Å². The molecule has 0 radical (unpaired) electrons. The van der Waals surface area contributed by atoms with Gasteiger partial charge in [-0.3, -0.25) is 0 Å². The van der Waals surface area contributed by atoms with Crippen molar-refractivity contribution in [2.75, 3.05) is 26.2 Å². The van der Waals surface area contributed by atoms with Crippen LogP contribution in [0.3, 0.4) is 0 Å². The Bertz CT molecular complexity index is 698. The summed E-state index contributed by atoms with van der Waals surface area (Å²) in [6.07, 6.45) is 5.51. The molecule has 2 nitrogen and oxygen atoms in total. The molecule has 2 N–H and O–H groups in total. The van der Waals surface area contributed by atoms with Crippen molar-refractivity contribution in [3.05, 3.63) is 71.8 Å². The first-order valence-electron chi connectivity index (χ1n) is 11.7. The van der Waals surface area contributed by atoms with E-state index in [1.807, 2.05) is 0 Å². The SMILES string of the molecule is CC1(C)[C@H]2CCC(CNCCNCCC(c3ccccc3)c3ccccc3)[C@@H]1C2. The van der Waals surface area contributed by atoms with E-state index in [-0.39, 0.29) is 0 Å². The topological polar surface area (TPSA) is 24.1 Å². The van der Waals surface area contributed by atoms with Gasteiger partial charge in [0.1, 0.15) is 0 Å². The highest BCUT2D eigenvalue weighted by molar-refractivity contribution is 5.32. The highest BCUT2D eigenvalue weighted by Gasteiger charge is 2.53. The molecule has 3 fully saturated rings. The molecule has 2 aromatic rings. The van der Waals surface area contributed by atoms with Gasteiger partial charge in [0, 0.05) is 19.0 Å². The number of rotatable bonds is 10. The molecule has 0 aliphatic heterocycles. The summed E-state index contributed by atoms with van der Waals surface area (Å²) in [6, 6.07) is 21.9. The fourth-order valence-electron chi connectivity index (χ4n) is 5.94. The molecule has 0 spiro atoms. The number of hydrogen-bond donors (Lipinski definition) is 2. The van der Waals surface area contributed by atoms with Gasteiger partial charge in [-0.15, -0.1) is 0 Å². The summed E-state index contributed by atoms with van der Waals surface area (Å²) < 4.78 is 0. The monoisotopic (exact) mass is 390 g/mol. The summed E-state index contributed by atoms with van der Waals surface area (Å²) in [5.74, 6) is 3.33. The largest absolute Gasteiger partial charge is 0.315 e. The highest BCUT2D eigenvalue weighted by Crippen LogP contribution is 2.61. The predicted molar refractivity (Wildman–Crippen MR) is 123 cm³/mol. The Kier molecular flexibility index (Phi) is 6.72. The van der Waals surface area contributed by atoms with Crippen LogP contribution in [0.25, 0.3) is 0 Å². The lowest BCUT2D eigenvalue weighted by molar-refractivity contribution is -0.103. The third-order valence-electron chi connectivity index (χ3n) is 7.90. The molecule has 3 aliphatic rings. The molecule has 0 heterocycles. The van der Waals surface area contributed by atoms with Gasteiger partial charge in [-0.2, -0.15) is 0 Å². The van der Waals surface area contributed by atoms with Gasteiger partial charge in [0.15, 0.2) is 0 Å². The summed E-state index contributed by atoms with van der Waals surface area (Å²) >= 11 is 0. The van der Waals surface area contributed by atoms with Crippen LogP contribution in [0.4, 0.5) is 0 Å². The lowest BCUT2D eigenvalue weighted by atomic mass is 9.45. The third kappa shape index (κ3) is 4.75. The van der Waals surface area contributed by atoms with E-state index < -0.39 is 0 Å². The maximum absolute atomic E-state index is 3.74. The van der Waals surface area contributed by atoms with Gasteiger partial charge < -0.3 is 10.6 Å². The average molecular weight is 391 g/mol. The highest BCUT2D eigenvalue weighted by atomic mass is 14.9. The standard InChI is InChI=1S/C27H38N2/c1-27(2)24-14-13-23(26(27)19-24)20-29-18-17-28-16-15-25(21-9-5-3-6-10-21)22-11-7-4-8-12-22/h3-12,23-26,28-29H,13-20H2,1-2H3/t23?,24-,26-/m0/s1. The molecule has 156 valence electrons. The Hall–Kier alpha value is -1.64. The number of nitrogens with one attached hydrogen (secondary N) is 2. The van der Waals surface area contributed by atoms with E-state index in [1.165, 1.54) is 36.9 Å². The van der Waals surface area contributed by atoms with E-state index in [0.717, 1.165) is 43.8 Å². The van der Waals surface area contributed by atoms with Gasteiger partial charge in [-0.25, -0.2) is 0 Å². The predicted octanol–water partition coefficient (Wildman–Crippen LogP) is 5.46. The molecule has 3 atom stereocenters. The maximum Gasteiger partial charge on any atom is 0.0101 e. The number of benzene rings is 2. The third-order valence-corrected chi connectivity index (χ3v) is 7.90. The van der Waals surface area contributed by atoms with Gasteiger partial charge in [0.05, 0.1) is 0 Å². The summed E-state index contributed by atoms with van der Waals surface area (Å²) in [5.41, 5.74) is 3.43. The smallest absolute Gasteiger partial charge is 0.0101 e. The van der Waals surface area contributed by atoms with E-state index in [2.05, 4.69) is 85.1 Å². The molecule has 0 amide bonds. The average Bonchev–Trinajstić information content (AvgIpc) is 2.77. The van der Waals surface area contributed by atoms with Crippen molar-refractivity contribution in [2.45, 2.75) is 45.4 Å². The van der Waals surface area contributed by atoms with Crippen LogP contribution in [0.2, 0.25) is 0 Å². The Morgan fingerprint density at radius 2 is 1.45 bits per heavy atom. The quantitative estimate of drug-likeness (QED) is 0.526. The van der Waals surface area contributed by atoms with Crippen molar-refractivity contribution in [3.63, 3.8) is 0 Å². The van der Waals surface area contributed by atoms with Crippen molar-refractivity contribution < 1.29 is 0 Å². The minimum Gasteiger partial charge on any atom is -0.315 e. The van der Waals surface area contributed by atoms with E-state index >= 15 is 0 Å². The van der Waals surface area contributed by atoms with Crippen LogP contribution in [-0.2, 0) is 0 Å². The Morgan fingerprint density at radius 1 is 0.828 bits per heavy atom. The molecular formula is C27H38N2. The van der Waals surface area contributed by atoms with E-state index in [4.69, 9.17) is 0 Å². The van der Waals surface area contributed by atoms with Crippen LogP contribution in [0, 0.1) is 23.2 Å². The van der Waals surface area contributed by atoms with Crippen molar-refractivity contribution in [2.24, 2.45) is 23.2 Å². The number of fused-ring (bicyclic) bond motifs is 2. The van der Waals surface area contributed by atoms with Gasteiger partial charge in [0.25, 0.3) is 0 Å². The first-order valence-corrected chi connectivity index (χ1v) is 11.7. The van der Waals surface area contributed by atoms with Crippen LogP contribution in [0.15, 0.2) is 60.7 Å². The Balaban J connectivity index is 1.17. The van der Waals surface area contributed by atoms with Crippen LogP contribution < -0.4 is 10.6 Å². The lowest BCUT2D eigenvalue weighted by Gasteiger charge is -2.60. The first-order chi connectivity index (χ1) is 14.2.